The van der Waals surface area contributed by atoms with Gasteiger partial charge in [-0.25, -0.2) is 0 Å². The normalized spacial score (nSPS) is 15.6. The molecule has 1 unspecified atom stereocenters. The number of nitrogens with zero attached hydrogens (tertiary/aromatic N) is 6. The van der Waals surface area contributed by atoms with E-state index in [1.165, 1.54) is 14.2 Å². The number of benzene rings is 1. The van der Waals surface area contributed by atoms with E-state index in [1.54, 1.807) is 46.6 Å². The minimum Gasteiger partial charge on any atom is -0.502 e. The number of anilines is 1. The van der Waals surface area contributed by atoms with Gasteiger partial charge in [0.2, 0.25) is 11.7 Å². The summed E-state index contributed by atoms with van der Waals surface area (Å²) in [6, 6.07) is 6.95. The minimum atomic E-state index is -0.304. The van der Waals surface area contributed by atoms with Gasteiger partial charge in [0.25, 0.3) is 0 Å². The van der Waals surface area contributed by atoms with E-state index in [-0.39, 0.29) is 35.5 Å². The summed E-state index contributed by atoms with van der Waals surface area (Å²) in [6.45, 7) is 1.80. The molecule has 1 aliphatic heterocycles. The van der Waals surface area contributed by atoms with Gasteiger partial charge in [0, 0.05) is 17.9 Å². The summed E-state index contributed by atoms with van der Waals surface area (Å²) in [4.78, 5) is 12.6. The van der Waals surface area contributed by atoms with Crippen molar-refractivity contribution in [2.24, 2.45) is 0 Å². The Balaban J connectivity index is 1.63. The molecule has 5 rings (SSSR count). The summed E-state index contributed by atoms with van der Waals surface area (Å²) < 4.78 is 13.7. The Bertz CT molecular complexity index is 1300. The summed E-state index contributed by atoms with van der Waals surface area (Å²) in [7, 11) is 2.92. The van der Waals surface area contributed by atoms with E-state index in [9.17, 15) is 9.90 Å². The molecule has 1 atom stereocenters. The number of carbonyl (C=O) groups is 1. The van der Waals surface area contributed by atoms with Gasteiger partial charge in [-0.05, 0) is 36.8 Å². The molecule has 11 nitrogen and oxygen atoms in total. The number of aryl methyl sites for hydroxylation is 1. The van der Waals surface area contributed by atoms with Crippen LogP contribution in [0.15, 0.2) is 30.5 Å². The second-order valence-corrected chi connectivity index (χ2v) is 7.15. The molecule has 2 N–H and O–H groups in total. The number of aromatic hydroxyl groups is 1. The predicted octanol–water partition coefficient (Wildman–Crippen LogP) is 1.82. The van der Waals surface area contributed by atoms with Crippen LogP contribution >= 0.6 is 0 Å². The van der Waals surface area contributed by atoms with Gasteiger partial charge in [0.15, 0.2) is 28.8 Å². The Labute approximate surface area is 176 Å². The first-order chi connectivity index (χ1) is 15.0. The van der Waals surface area contributed by atoms with Gasteiger partial charge < -0.3 is 19.9 Å². The molecular weight excluding hydrogens is 402 g/mol. The van der Waals surface area contributed by atoms with E-state index in [0.717, 1.165) is 11.1 Å². The first-order valence-electron chi connectivity index (χ1n) is 9.52. The standard InChI is InChI=1S/C20H19N7O4/c1-10-23-24-16-4-5-17(25-26(10)16)27-20-13(9-21-27)12(8-18(28)22-20)11-6-14(30-2)19(29)15(7-11)31-3/h4-7,9,12,29H,8H2,1-3H3,(H,22,28). The lowest BCUT2D eigenvalue weighted by Gasteiger charge is -2.24. The second-order valence-electron chi connectivity index (χ2n) is 7.15. The Morgan fingerprint density at radius 1 is 1.16 bits per heavy atom. The second kappa shape index (κ2) is 6.97. The third-order valence-electron chi connectivity index (χ3n) is 5.35. The van der Waals surface area contributed by atoms with Crippen LogP contribution in [0.25, 0.3) is 11.5 Å². The molecule has 0 aliphatic carbocycles. The molecule has 11 heteroatoms. The number of methoxy groups -OCH3 is 2. The maximum absolute atomic E-state index is 12.6. The summed E-state index contributed by atoms with van der Waals surface area (Å²) in [5.41, 5.74) is 2.20. The van der Waals surface area contributed by atoms with E-state index in [0.29, 0.717) is 23.1 Å². The first-order valence-corrected chi connectivity index (χ1v) is 9.52. The number of ether oxygens (including phenoxy) is 2. The molecule has 31 heavy (non-hydrogen) atoms. The van der Waals surface area contributed by atoms with Crippen LogP contribution in [0.5, 0.6) is 17.2 Å². The Kier molecular flexibility index (Phi) is 4.24. The van der Waals surface area contributed by atoms with Crippen molar-refractivity contribution in [3.05, 3.63) is 47.4 Å². The fourth-order valence-corrected chi connectivity index (χ4v) is 3.81. The zero-order valence-electron chi connectivity index (χ0n) is 17.0. The molecular formula is C20H19N7O4. The van der Waals surface area contributed by atoms with Gasteiger partial charge in [-0.15, -0.1) is 15.3 Å². The highest BCUT2D eigenvalue weighted by Gasteiger charge is 2.32. The number of amides is 1. The van der Waals surface area contributed by atoms with E-state index in [2.05, 4.69) is 25.7 Å². The quantitative estimate of drug-likeness (QED) is 0.511. The molecule has 1 aromatic carbocycles. The number of hydrogen-bond acceptors (Lipinski definition) is 8. The largest absolute Gasteiger partial charge is 0.502 e. The van der Waals surface area contributed by atoms with Gasteiger partial charge in [-0.2, -0.15) is 14.3 Å². The van der Waals surface area contributed by atoms with Gasteiger partial charge in [-0.3, -0.25) is 4.79 Å². The van der Waals surface area contributed by atoms with Crippen molar-refractivity contribution < 1.29 is 19.4 Å². The van der Waals surface area contributed by atoms with Gasteiger partial charge in [0.05, 0.1) is 20.4 Å². The maximum Gasteiger partial charge on any atom is 0.226 e. The summed E-state index contributed by atoms with van der Waals surface area (Å²) >= 11 is 0. The molecule has 4 heterocycles. The molecule has 0 spiro atoms. The number of aromatic nitrogens is 6. The highest BCUT2D eigenvalue weighted by molar-refractivity contribution is 5.94. The molecule has 0 saturated heterocycles. The molecule has 0 fully saturated rings. The monoisotopic (exact) mass is 421 g/mol. The SMILES string of the molecule is COc1cc(C2CC(=O)Nc3c2cnn3-c2ccc3nnc(C)n3n2)cc(OC)c1O. The van der Waals surface area contributed by atoms with Gasteiger partial charge in [0.1, 0.15) is 5.82 Å². The van der Waals surface area contributed by atoms with Crippen molar-refractivity contribution in [1.29, 1.82) is 0 Å². The smallest absolute Gasteiger partial charge is 0.226 e. The molecule has 0 bridgehead atoms. The van der Waals surface area contributed by atoms with Crippen LogP contribution in [-0.2, 0) is 4.79 Å². The van der Waals surface area contributed by atoms with Crippen molar-refractivity contribution in [2.45, 2.75) is 19.3 Å². The minimum absolute atomic E-state index is 0.0910. The lowest BCUT2D eigenvalue weighted by molar-refractivity contribution is -0.116. The summed E-state index contributed by atoms with van der Waals surface area (Å²) in [5, 5.41) is 30.2. The molecule has 1 amide bonds. The van der Waals surface area contributed by atoms with Crippen LogP contribution in [-0.4, -0.2) is 54.8 Å². The zero-order chi connectivity index (χ0) is 21.7. The van der Waals surface area contributed by atoms with Gasteiger partial charge >= 0.3 is 0 Å². The number of hydrogen-bond donors (Lipinski definition) is 2. The summed E-state index contributed by atoms with van der Waals surface area (Å²) in [5.74, 6) is 1.67. The fraction of sp³-hybridized carbons (Fsp3) is 0.250. The predicted molar refractivity (Wildman–Crippen MR) is 109 cm³/mol. The highest BCUT2D eigenvalue weighted by Crippen LogP contribution is 2.44. The average molecular weight is 421 g/mol. The molecule has 158 valence electrons. The zero-order valence-corrected chi connectivity index (χ0v) is 17.0. The lowest BCUT2D eigenvalue weighted by Crippen LogP contribution is -2.25. The van der Waals surface area contributed by atoms with Crippen molar-refractivity contribution in [3.8, 4) is 23.1 Å². The first kappa shape index (κ1) is 18.9. The lowest BCUT2D eigenvalue weighted by atomic mass is 9.87. The molecule has 3 aromatic heterocycles. The Morgan fingerprint density at radius 3 is 2.61 bits per heavy atom. The third-order valence-corrected chi connectivity index (χ3v) is 5.35. The molecule has 0 radical (unpaired) electrons. The van der Waals surface area contributed by atoms with Crippen molar-refractivity contribution >= 4 is 17.4 Å². The van der Waals surface area contributed by atoms with Crippen LogP contribution in [0.1, 0.15) is 29.3 Å². The van der Waals surface area contributed by atoms with Crippen molar-refractivity contribution in [2.75, 3.05) is 19.5 Å². The highest BCUT2D eigenvalue weighted by atomic mass is 16.5. The van der Waals surface area contributed by atoms with E-state index in [1.807, 2.05) is 0 Å². The van der Waals surface area contributed by atoms with Crippen LogP contribution in [0.2, 0.25) is 0 Å². The van der Waals surface area contributed by atoms with Crippen LogP contribution < -0.4 is 14.8 Å². The Hall–Kier alpha value is -4.15. The number of carbonyl (C=O) groups excluding carboxylic acids is 1. The molecule has 1 aliphatic rings. The number of fused-ring (bicyclic) bond motifs is 2. The topological polar surface area (TPSA) is 129 Å². The van der Waals surface area contributed by atoms with E-state index >= 15 is 0 Å². The third kappa shape index (κ3) is 2.93. The molecule has 4 aromatic rings. The van der Waals surface area contributed by atoms with E-state index < -0.39 is 0 Å². The summed E-state index contributed by atoms with van der Waals surface area (Å²) in [6.07, 6.45) is 1.92. The maximum atomic E-state index is 12.6. The van der Waals surface area contributed by atoms with Crippen LogP contribution in [0, 0.1) is 6.92 Å². The van der Waals surface area contributed by atoms with Crippen LogP contribution in [0.4, 0.5) is 5.82 Å². The van der Waals surface area contributed by atoms with Crippen LogP contribution in [0.3, 0.4) is 0 Å². The van der Waals surface area contributed by atoms with Gasteiger partial charge in [-0.1, -0.05) is 0 Å². The van der Waals surface area contributed by atoms with Crippen molar-refractivity contribution in [1.82, 2.24) is 29.6 Å². The molecule has 0 saturated carbocycles. The fourth-order valence-electron chi connectivity index (χ4n) is 3.81. The van der Waals surface area contributed by atoms with E-state index in [4.69, 9.17) is 9.47 Å². The number of nitrogens with one attached hydrogen (secondary N) is 1. The number of rotatable bonds is 4. The Morgan fingerprint density at radius 2 is 1.90 bits per heavy atom. The average Bonchev–Trinajstić information content (AvgIpc) is 3.36. The number of phenols is 1. The van der Waals surface area contributed by atoms with Crippen molar-refractivity contribution in [3.63, 3.8) is 0 Å². The number of phenolic OH excluding ortho intramolecular Hbond substituents is 1.